The second-order valence-electron chi connectivity index (χ2n) is 3.06. The summed E-state index contributed by atoms with van der Waals surface area (Å²) in [5.41, 5.74) is 9.54. The van der Waals surface area contributed by atoms with E-state index in [4.69, 9.17) is 23.1 Å². The van der Waals surface area contributed by atoms with Gasteiger partial charge in [-0.3, -0.25) is 0 Å². The molecule has 0 saturated heterocycles. The van der Waals surface area contributed by atoms with Crippen molar-refractivity contribution in [2.45, 2.75) is 12.6 Å². The van der Waals surface area contributed by atoms with Crippen molar-refractivity contribution in [1.29, 1.82) is 0 Å². The third-order valence-corrected chi connectivity index (χ3v) is 1.99. The number of rotatable bonds is 2. The summed E-state index contributed by atoms with van der Waals surface area (Å²) < 4.78 is 0. The number of benzene rings is 1. The SMILES string of the molecule is CC(O)(N=C(N)N)c1ccc(Cl)cc1. The van der Waals surface area contributed by atoms with Gasteiger partial charge in [-0.05, 0) is 19.1 Å². The monoisotopic (exact) mass is 213 g/mol. The zero-order valence-electron chi connectivity index (χ0n) is 7.74. The van der Waals surface area contributed by atoms with Crippen LogP contribution in [0.1, 0.15) is 12.5 Å². The highest BCUT2D eigenvalue weighted by Gasteiger charge is 2.21. The largest absolute Gasteiger partial charge is 0.370 e. The lowest BCUT2D eigenvalue weighted by atomic mass is 10.1. The van der Waals surface area contributed by atoms with Crippen LogP contribution in [0.2, 0.25) is 5.02 Å². The topological polar surface area (TPSA) is 84.6 Å². The van der Waals surface area contributed by atoms with Crippen LogP contribution in [0, 0.1) is 0 Å². The highest BCUT2D eigenvalue weighted by molar-refractivity contribution is 6.30. The standard InChI is InChI=1S/C9H12ClN3O/c1-9(14,13-8(11)12)6-2-4-7(10)5-3-6/h2-5,14H,1H3,(H4,11,12,13). The third kappa shape index (κ3) is 2.61. The number of aliphatic imine (C=N–C) groups is 1. The molecule has 1 atom stereocenters. The van der Waals surface area contributed by atoms with Crippen LogP contribution in [0.15, 0.2) is 29.3 Å². The lowest BCUT2D eigenvalue weighted by Crippen LogP contribution is -2.29. The van der Waals surface area contributed by atoms with E-state index in [0.29, 0.717) is 10.6 Å². The first-order valence-electron chi connectivity index (χ1n) is 4.01. The highest BCUT2D eigenvalue weighted by atomic mass is 35.5. The lowest BCUT2D eigenvalue weighted by molar-refractivity contribution is 0.0674. The lowest BCUT2D eigenvalue weighted by Gasteiger charge is -2.18. The molecule has 0 saturated carbocycles. The summed E-state index contributed by atoms with van der Waals surface area (Å²) in [6.45, 7) is 1.50. The van der Waals surface area contributed by atoms with Crippen molar-refractivity contribution in [3.05, 3.63) is 34.9 Å². The Hall–Kier alpha value is -1.26. The van der Waals surface area contributed by atoms with Gasteiger partial charge in [0.05, 0.1) is 0 Å². The maximum Gasteiger partial charge on any atom is 0.189 e. The van der Waals surface area contributed by atoms with Crippen molar-refractivity contribution in [2.24, 2.45) is 16.5 Å². The number of aliphatic hydroxyl groups is 1. The normalized spacial score (nSPS) is 14.5. The van der Waals surface area contributed by atoms with Crippen LogP contribution in [0.5, 0.6) is 0 Å². The second-order valence-corrected chi connectivity index (χ2v) is 3.50. The molecule has 0 aliphatic rings. The van der Waals surface area contributed by atoms with Crippen molar-refractivity contribution >= 4 is 17.6 Å². The van der Waals surface area contributed by atoms with Gasteiger partial charge in [-0.15, -0.1) is 0 Å². The molecule has 1 aromatic carbocycles. The smallest absolute Gasteiger partial charge is 0.189 e. The van der Waals surface area contributed by atoms with Gasteiger partial charge in [0.1, 0.15) is 0 Å². The van der Waals surface area contributed by atoms with Crippen molar-refractivity contribution in [3.63, 3.8) is 0 Å². The molecule has 5 heteroatoms. The molecule has 0 radical (unpaired) electrons. The summed E-state index contributed by atoms with van der Waals surface area (Å²) in [5, 5.41) is 10.4. The molecule has 0 aliphatic heterocycles. The first-order valence-corrected chi connectivity index (χ1v) is 4.39. The Labute approximate surface area is 87.2 Å². The molecule has 4 nitrogen and oxygen atoms in total. The second kappa shape index (κ2) is 3.86. The highest BCUT2D eigenvalue weighted by Crippen LogP contribution is 2.23. The van der Waals surface area contributed by atoms with Crippen LogP contribution in [-0.4, -0.2) is 11.1 Å². The molecule has 0 fully saturated rings. The molecule has 0 aliphatic carbocycles. The molecule has 0 heterocycles. The van der Waals surface area contributed by atoms with Crippen LogP contribution < -0.4 is 11.5 Å². The molecule has 0 aromatic heterocycles. The van der Waals surface area contributed by atoms with E-state index >= 15 is 0 Å². The van der Waals surface area contributed by atoms with E-state index in [1.807, 2.05) is 0 Å². The van der Waals surface area contributed by atoms with Gasteiger partial charge in [-0.2, -0.15) is 0 Å². The summed E-state index contributed by atoms with van der Waals surface area (Å²) in [6.07, 6.45) is 0. The molecule has 76 valence electrons. The molecular weight excluding hydrogens is 202 g/mol. The Morgan fingerprint density at radius 3 is 2.29 bits per heavy atom. The van der Waals surface area contributed by atoms with Gasteiger partial charge in [0.25, 0.3) is 0 Å². The zero-order valence-corrected chi connectivity index (χ0v) is 8.49. The van der Waals surface area contributed by atoms with Crippen LogP contribution in [0.25, 0.3) is 0 Å². The quantitative estimate of drug-likeness (QED) is 0.501. The van der Waals surface area contributed by atoms with Crippen LogP contribution in [0.4, 0.5) is 0 Å². The number of hydrogen-bond acceptors (Lipinski definition) is 2. The predicted octanol–water partition coefficient (Wildman–Crippen LogP) is 0.778. The first-order chi connectivity index (χ1) is 6.42. The molecule has 5 N–H and O–H groups in total. The molecule has 1 rings (SSSR count). The fourth-order valence-corrected chi connectivity index (χ4v) is 1.21. The maximum atomic E-state index is 9.86. The molecular formula is C9H12ClN3O. The molecule has 1 unspecified atom stereocenters. The Morgan fingerprint density at radius 1 is 1.36 bits per heavy atom. The van der Waals surface area contributed by atoms with E-state index in [1.54, 1.807) is 24.3 Å². The average Bonchev–Trinajstić information content (AvgIpc) is 2.02. The van der Waals surface area contributed by atoms with Gasteiger partial charge in [0.15, 0.2) is 11.7 Å². The number of guanidine groups is 1. The Morgan fingerprint density at radius 2 is 1.86 bits per heavy atom. The number of nitrogens with zero attached hydrogens (tertiary/aromatic N) is 1. The predicted molar refractivity (Wildman–Crippen MR) is 56.8 cm³/mol. The van der Waals surface area contributed by atoms with Crippen LogP contribution >= 0.6 is 11.6 Å². The minimum Gasteiger partial charge on any atom is -0.370 e. The Bertz CT molecular complexity index is 342. The van der Waals surface area contributed by atoms with Gasteiger partial charge in [-0.25, -0.2) is 4.99 Å². The molecule has 1 aromatic rings. The summed E-state index contributed by atoms with van der Waals surface area (Å²) >= 11 is 5.70. The van der Waals surface area contributed by atoms with E-state index in [0.717, 1.165) is 0 Å². The van der Waals surface area contributed by atoms with E-state index < -0.39 is 5.72 Å². The molecule has 0 bridgehead atoms. The summed E-state index contributed by atoms with van der Waals surface area (Å²) in [7, 11) is 0. The Balaban J connectivity index is 3.04. The van der Waals surface area contributed by atoms with Gasteiger partial charge in [-0.1, -0.05) is 23.7 Å². The van der Waals surface area contributed by atoms with Gasteiger partial charge in [0.2, 0.25) is 0 Å². The minimum absolute atomic E-state index is 0.162. The minimum atomic E-state index is -1.41. The maximum absolute atomic E-state index is 9.86. The zero-order chi connectivity index (χ0) is 10.8. The van der Waals surface area contributed by atoms with E-state index in [2.05, 4.69) is 4.99 Å². The summed E-state index contributed by atoms with van der Waals surface area (Å²) in [4.78, 5) is 3.69. The van der Waals surface area contributed by atoms with E-state index in [1.165, 1.54) is 6.92 Å². The van der Waals surface area contributed by atoms with Crippen molar-refractivity contribution in [2.75, 3.05) is 0 Å². The van der Waals surface area contributed by atoms with E-state index in [9.17, 15) is 5.11 Å². The van der Waals surface area contributed by atoms with Crippen molar-refractivity contribution < 1.29 is 5.11 Å². The number of nitrogens with two attached hydrogens (primary N) is 2. The summed E-state index contributed by atoms with van der Waals surface area (Å²) in [5.74, 6) is -0.162. The average molecular weight is 214 g/mol. The summed E-state index contributed by atoms with van der Waals surface area (Å²) in [6, 6.07) is 6.64. The number of hydrogen-bond donors (Lipinski definition) is 3. The molecule has 0 spiro atoms. The Kier molecular flexibility index (Phi) is 2.98. The molecule has 0 amide bonds. The fraction of sp³-hybridized carbons (Fsp3) is 0.222. The van der Waals surface area contributed by atoms with Crippen molar-refractivity contribution in [3.8, 4) is 0 Å². The first kappa shape index (κ1) is 10.8. The van der Waals surface area contributed by atoms with E-state index in [-0.39, 0.29) is 5.96 Å². The van der Waals surface area contributed by atoms with Gasteiger partial charge < -0.3 is 16.6 Å². The van der Waals surface area contributed by atoms with Crippen molar-refractivity contribution in [1.82, 2.24) is 0 Å². The van der Waals surface area contributed by atoms with Crippen LogP contribution in [-0.2, 0) is 5.72 Å². The fourth-order valence-electron chi connectivity index (χ4n) is 1.08. The van der Waals surface area contributed by atoms with Gasteiger partial charge in [0, 0.05) is 10.6 Å². The molecule has 14 heavy (non-hydrogen) atoms. The van der Waals surface area contributed by atoms with Crippen LogP contribution in [0.3, 0.4) is 0 Å². The van der Waals surface area contributed by atoms with Gasteiger partial charge >= 0.3 is 0 Å². The number of halogens is 1. The third-order valence-electron chi connectivity index (χ3n) is 1.74.